The van der Waals surface area contributed by atoms with E-state index in [-0.39, 0.29) is 18.3 Å². The second kappa shape index (κ2) is 4.91. The van der Waals surface area contributed by atoms with Crippen molar-refractivity contribution in [2.45, 2.75) is 13.8 Å². The molecule has 1 aromatic rings. The molecule has 94 valence electrons. The van der Waals surface area contributed by atoms with E-state index in [0.717, 1.165) is 0 Å². The molecule has 0 radical (unpaired) electrons. The van der Waals surface area contributed by atoms with Gasteiger partial charge in [0.25, 0.3) is 0 Å². The van der Waals surface area contributed by atoms with E-state index in [0.29, 0.717) is 17.1 Å². The molecule has 1 aliphatic heterocycles. The average molecular weight is 248 g/mol. The van der Waals surface area contributed by atoms with Gasteiger partial charge in [-0.3, -0.25) is 9.59 Å². The molecule has 0 aromatic heterocycles. The number of hydrogen-bond donors (Lipinski definition) is 0. The highest BCUT2D eigenvalue weighted by Gasteiger charge is 2.15. The first-order valence-electron chi connectivity index (χ1n) is 5.37. The van der Waals surface area contributed by atoms with E-state index in [1.54, 1.807) is 25.1 Å². The highest BCUT2D eigenvalue weighted by molar-refractivity contribution is 6.05. The van der Waals surface area contributed by atoms with Crippen LogP contribution in [0.2, 0.25) is 0 Å². The molecule has 0 bridgehead atoms. The summed E-state index contributed by atoms with van der Waals surface area (Å²) in [6.45, 7) is 2.99. The summed E-state index contributed by atoms with van der Waals surface area (Å²) in [4.78, 5) is 22.6. The van der Waals surface area contributed by atoms with Gasteiger partial charge in [0, 0.05) is 18.6 Å². The van der Waals surface area contributed by atoms with Crippen molar-refractivity contribution in [2.75, 3.05) is 6.79 Å². The second-order valence-electron chi connectivity index (χ2n) is 3.78. The summed E-state index contributed by atoms with van der Waals surface area (Å²) in [5, 5.41) is 0. The van der Waals surface area contributed by atoms with Crippen LogP contribution in [0.1, 0.15) is 24.2 Å². The smallest absolute Gasteiger partial charge is 0.307 e. The first kappa shape index (κ1) is 12.2. The van der Waals surface area contributed by atoms with Crippen molar-refractivity contribution in [1.82, 2.24) is 0 Å². The van der Waals surface area contributed by atoms with Crippen LogP contribution < -0.4 is 9.47 Å². The maximum atomic E-state index is 11.9. The Bertz CT molecular complexity index is 530. The first-order chi connectivity index (χ1) is 8.56. The Morgan fingerprint density at radius 2 is 1.94 bits per heavy atom. The molecule has 18 heavy (non-hydrogen) atoms. The van der Waals surface area contributed by atoms with Crippen molar-refractivity contribution in [3.05, 3.63) is 35.6 Å². The van der Waals surface area contributed by atoms with Crippen molar-refractivity contribution in [3.8, 4) is 11.5 Å². The summed E-state index contributed by atoms with van der Waals surface area (Å²) in [5.74, 6) is 0.700. The van der Waals surface area contributed by atoms with Gasteiger partial charge in [0.1, 0.15) is 5.76 Å². The molecule has 0 atom stereocenters. The van der Waals surface area contributed by atoms with Gasteiger partial charge in [0.2, 0.25) is 6.79 Å². The molecule has 0 aliphatic carbocycles. The van der Waals surface area contributed by atoms with E-state index in [2.05, 4.69) is 0 Å². The number of benzene rings is 1. The molecule has 1 aliphatic rings. The lowest BCUT2D eigenvalue weighted by molar-refractivity contribution is -0.136. The Labute approximate surface area is 104 Å². The van der Waals surface area contributed by atoms with Gasteiger partial charge in [-0.15, -0.1) is 0 Å². The van der Waals surface area contributed by atoms with E-state index in [1.807, 2.05) is 0 Å². The predicted octanol–water partition coefficient (Wildman–Crippen LogP) is 2.06. The summed E-state index contributed by atoms with van der Waals surface area (Å²) < 4.78 is 15.1. The van der Waals surface area contributed by atoms with Crippen LogP contribution in [-0.4, -0.2) is 18.5 Å². The highest BCUT2D eigenvalue weighted by atomic mass is 16.7. The molecule has 5 heteroatoms. The minimum absolute atomic E-state index is 0.162. The molecule has 0 saturated heterocycles. The van der Waals surface area contributed by atoms with E-state index in [4.69, 9.17) is 14.2 Å². The normalized spacial score (nSPS) is 13.3. The number of allylic oxidation sites excluding steroid dienone is 2. The zero-order chi connectivity index (χ0) is 13.1. The molecule has 1 aromatic carbocycles. The number of esters is 1. The highest BCUT2D eigenvalue weighted by Crippen LogP contribution is 2.32. The Kier molecular flexibility index (Phi) is 3.32. The lowest BCUT2D eigenvalue weighted by Crippen LogP contribution is -2.00. The lowest BCUT2D eigenvalue weighted by Gasteiger charge is -2.01. The van der Waals surface area contributed by atoms with Crippen molar-refractivity contribution in [3.63, 3.8) is 0 Å². The molecule has 0 saturated carbocycles. The molecule has 2 rings (SSSR count). The number of fused-ring (bicyclic) bond motifs is 1. The van der Waals surface area contributed by atoms with Crippen LogP contribution in [0.25, 0.3) is 0 Å². The van der Waals surface area contributed by atoms with E-state index < -0.39 is 5.97 Å². The molecule has 1 heterocycles. The predicted molar refractivity (Wildman–Crippen MR) is 62.4 cm³/mol. The summed E-state index contributed by atoms with van der Waals surface area (Å²) in [6, 6.07) is 4.90. The average Bonchev–Trinajstić information content (AvgIpc) is 2.74. The third-order valence-corrected chi connectivity index (χ3v) is 2.30. The van der Waals surface area contributed by atoms with E-state index in [9.17, 15) is 9.59 Å². The summed E-state index contributed by atoms with van der Waals surface area (Å²) in [6.07, 6.45) is 1.26. The van der Waals surface area contributed by atoms with Gasteiger partial charge < -0.3 is 14.2 Å². The van der Waals surface area contributed by atoms with Crippen molar-refractivity contribution >= 4 is 11.8 Å². The molecule has 0 amide bonds. The fourth-order valence-corrected chi connectivity index (χ4v) is 1.57. The van der Waals surface area contributed by atoms with Crippen LogP contribution >= 0.6 is 0 Å². The van der Waals surface area contributed by atoms with Gasteiger partial charge in [0.15, 0.2) is 17.3 Å². The molecular formula is C13H12O5. The van der Waals surface area contributed by atoms with E-state index in [1.165, 1.54) is 13.0 Å². The third kappa shape index (κ3) is 2.68. The Balaban J connectivity index is 2.16. The van der Waals surface area contributed by atoms with Gasteiger partial charge >= 0.3 is 5.97 Å². The molecular weight excluding hydrogens is 236 g/mol. The number of ketones is 1. The quantitative estimate of drug-likeness (QED) is 0.354. The van der Waals surface area contributed by atoms with E-state index >= 15 is 0 Å². The molecule has 5 nitrogen and oxygen atoms in total. The zero-order valence-corrected chi connectivity index (χ0v) is 10.1. The topological polar surface area (TPSA) is 61.8 Å². The SMILES string of the molecule is CC(=O)O/C(C)=C/C(=O)c1ccc2c(c1)OCO2. The van der Waals surface area contributed by atoms with Crippen molar-refractivity contribution in [1.29, 1.82) is 0 Å². The first-order valence-corrected chi connectivity index (χ1v) is 5.37. The number of hydrogen-bond acceptors (Lipinski definition) is 5. The van der Waals surface area contributed by atoms with Gasteiger partial charge in [-0.2, -0.15) is 0 Å². The van der Waals surface area contributed by atoms with Crippen LogP contribution in [0, 0.1) is 0 Å². The maximum Gasteiger partial charge on any atom is 0.307 e. The van der Waals surface area contributed by atoms with Gasteiger partial charge in [0.05, 0.1) is 0 Å². The maximum absolute atomic E-state index is 11.9. The van der Waals surface area contributed by atoms with Crippen LogP contribution in [0.15, 0.2) is 30.0 Å². The summed E-state index contributed by atoms with van der Waals surface area (Å²) >= 11 is 0. The number of rotatable bonds is 3. The Morgan fingerprint density at radius 3 is 2.67 bits per heavy atom. The fraction of sp³-hybridized carbons (Fsp3) is 0.231. The van der Waals surface area contributed by atoms with Crippen LogP contribution in [0.4, 0.5) is 0 Å². The molecule has 0 unspecified atom stereocenters. The monoisotopic (exact) mass is 248 g/mol. The third-order valence-electron chi connectivity index (χ3n) is 2.30. The fourth-order valence-electron chi connectivity index (χ4n) is 1.57. The van der Waals surface area contributed by atoms with Crippen LogP contribution in [0.3, 0.4) is 0 Å². The van der Waals surface area contributed by atoms with Gasteiger partial charge in [-0.05, 0) is 25.1 Å². The van der Waals surface area contributed by atoms with Gasteiger partial charge in [-0.25, -0.2) is 0 Å². The number of carbonyl (C=O) groups excluding carboxylic acids is 2. The summed E-state index contributed by atoms with van der Waals surface area (Å²) in [5.41, 5.74) is 0.450. The van der Waals surface area contributed by atoms with Crippen molar-refractivity contribution < 1.29 is 23.8 Å². The standard InChI is InChI=1S/C13H12O5/c1-8(18-9(2)14)5-11(15)10-3-4-12-13(6-10)17-7-16-12/h3-6H,7H2,1-2H3/b8-5+. The van der Waals surface area contributed by atoms with Crippen molar-refractivity contribution in [2.24, 2.45) is 0 Å². The molecule has 0 fully saturated rings. The lowest BCUT2D eigenvalue weighted by atomic mass is 10.1. The van der Waals surface area contributed by atoms with Crippen LogP contribution in [0.5, 0.6) is 11.5 Å². The van der Waals surface area contributed by atoms with Crippen LogP contribution in [-0.2, 0) is 9.53 Å². The molecule has 0 spiro atoms. The largest absolute Gasteiger partial charge is 0.454 e. The number of ether oxygens (including phenoxy) is 3. The summed E-state index contributed by atoms with van der Waals surface area (Å²) in [7, 11) is 0. The second-order valence-corrected chi connectivity index (χ2v) is 3.78. The Hall–Kier alpha value is -2.30. The molecule has 0 N–H and O–H groups in total. The zero-order valence-electron chi connectivity index (χ0n) is 10.1. The van der Waals surface area contributed by atoms with Gasteiger partial charge in [-0.1, -0.05) is 0 Å². The minimum atomic E-state index is -0.456. The number of carbonyl (C=O) groups is 2. The Morgan fingerprint density at radius 1 is 1.22 bits per heavy atom. The minimum Gasteiger partial charge on any atom is -0.454 e.